The molecule has 92 valence electrons. The largest absolute Gasteiger partial charge is 0.394 e. The third-order valence-corrected chi connectivity index (χ3v) is 1.54. The summed E-state index contributed by atoms with van der Waals surface area (Å²) in [6.07, 6.45) is -1.25. The molecule has 0 aromatic carbocycles. The van der Waals surface area contributed by atoms with Crippen LogP contribution in [-0.4, -0.2) is 71.8 Å². The highest BCUT2D eigenvalue weighted by molar-refractivity contribution is 4.58. The molecular weight excluding hydrogens is 204 g/mol. The van der Waals surface area contributed by atoms with Crippen molar-refractivity contribution in [2.75, 3.05) is 33.0 Å². The third-order valence-electron chi connectivity index (χ3n) is 1.54. The number of hydrogen-bond donors (Lipinski definition) is 4. The lowest BCUT2D eigenvalue weighted by molar-refractivity contribution is -0.0364. The number of rotatable bonds is 6. The van der Waals surface area contributed by atoms with Crippen molar-refractivity contribution in [3.63, 3.8) is 0 Å². The first-order chi connectivity index (χ1) is 7.10. The predicted octanol–water partition coefficient (Wildman–Crippen LogP) is -1.89. The predicted molar refractivity (Wildman–Crippen MR) is 52.4 cm³/mol. The number of epoxide rings is 1. The number of ether oxygens (including phenoxy) is 2. The highest BCUT2D eigenvalue weighted by Gasteiger charge is 2.13. The first kappa shape index (κ1) is 14.8. The first-order valence-corrected chi connectivity index (χ1v) is 4.87. The van der Waals surface area contributed by atoms with Crippen molar-refractivity contribution < 1.29 is 29.9 Å². The van der Waals surface area contributed by atoms with Crippen LogP contribution in [0.5, 0.6) is 0 Å². The van der Waals surface area contributed by atoms with E-state index in [2.05, 4.69) is 6.92 Å². The van der Waals surface area contributed by atoms with E-state index in [9.17, 15) is 0 Å². The number of aliphatic hydroxyl groups excluding tert-OH is 4. The standard InChI is InChI=1S/C6H14O5.C3H6O/c7-1-5(9)3-11-4-6(10)2-8;1-3-2-4-3/h5-10H,1-4H2;3H,2H2,1H3. The molecule has 0 spiro atoms. The molecule has 3 unspecified atom stereocenters. The molecule has 1 saturated heterocycles. The summed E-state index contributed by atoms with van der Waals surface area (Å²) in [4.78, 5) is 0. The molecule has 1 fully saturated rings. The molecule has 0 saturated carbocycles. The van der Waals surface area contributed by atoms with Gasteiger partial charge in [0.15, 0.2) is 0 Å². The van der Waals surface area contributed by atoms with Crippen molar-refractivity contribution in [2.24, 2.45) is 0 Å². The van der Waals surface area contributed by atoms with Gasteiger partial charge in [0.2, 0.25) is 0 Å². The Kier molecular flexibility index (Phi) is 8.88. The number of hydrogen-bond acceptors (Lipinski definition) is 6. The molecule has 6 heteroatoms. The molecule has 0 amide bonds. The summed E-state index contributed by atoms with van der Waals surface area (Å²) in [6.45, 7) is 2.24. The van der Waals surface area contributed by atoms with Gasteiger partial charge in [0, 0.05) is 0 Å². The molecule has 0 radical (unpaired) electrons. The van der Waals surface area contributed by atoms with Crippen LogP contribution < -0.4 is 0 Å². The summed E-state index contributed by atoms with van der Waals surface area (Å²) in [5.74, 6) is 0. The minimum Gasteiger partial charge on any atom is -0.394 e. The minimum atomic E-state index is -0.916. The average molecular weight is 224 g/mol. The second-order valence-electron chi connectivity index (χ2n) is 3.35. The molecule has 1 aliphatic rings. The molecule has 0 aliphatic carbocycles. The Morgan fingerprint density at radius 2 is 1.53 bits per heavy atom. The fraction of sp³-hybridized carbons (Fsp3) is 1.00. The van der Waals surface area contributed by atoms with Crippen molar-refractivity contribution in [3.05, 3.63) is 0 Å². The van der Waals surface area contributed by atoms with Gasteiger partial charge in [-0.1, -0.05) is 0 Å². The molecular formula is C9H20O6. The van der Waals surface area contributed by atoms with E-state index in [1.165, 1.54) is 0 Å². The third kappa shape index (κ3) is 11.7. The molecule has 15 heavy (non-hydrogen) atoms. The van der Waals surface area contributed by atoms with Gasteiger partial charge in [-0.3, -0.25) is 0 Å². The van der Waals surface area contributed by atoms with Crippen LogP contribution in [0.3, 0.4) is 0 Å². The SMILES string of the molecule is CC1CO1.OCC(O)COCC(O)CO. The maximum absolute atomic E-state index is 8.72. The topological polar surface area (TPSA) is 103 Å². The zero-order valence-electron chi connectivity index (χ0n) is 8.87. The van der Waals surface area contributed by atoms with Gasteiger partial charge in [-0.25, -0.2) is 0 Å². The minimum absolute atomic E-state index is 0.0342. The summed E-state index contributed by atoms with van der Waals surface area (Å²) in [5, 5.41) is 34.1. The van der Waals surface area contributed by atoms with Gasteiger partial charge in [0.1, 0.15) is 12.2 Å². The summed E-state index contributed by atoms with van der Waals surface area (Å²) in [6, 6.07) is 0. The normalized spacial score (nSPS) is 22.6. The Hall–Kier alpha value is -0.240. The molecule has 1 heterocycles. The molecule has 0 aromatic heterocycles. The van der Waals surface area contributed by atoms with E-state index in [4.69, 9.17) is 29.9 Å². The highest BCUT2D eigenvalue weighted by atomic mass is 16.6. The summed E-state index contributed by atoms with van der Waals surface area (Å²) < 4.78 is 9.43. The van der Waals surface area contributed by atoms with E-state index in [-0.39, 0.29) is 26.4 Å². The van der Waals surface area contributed by atoms with Gasteiger partial charge in [-0.2, -0.15) is 0 Å². The van der Waals surface area contributed by atoms with Gasteiger partial charge in [0.05, 0.1) is 39.1 Å². The molecule has 1 rings (SSSR count). The molecule has 6 nitrogen and oxygen atoms in total. The van der Waals surface area contributed by atoms with Gasteiger partial charge >= 0.3 is 0 Å². The summed E-state index contributed by atoms with van der Waals surface area (Å²) in [7, 11) is 0. The Balaban J connectivity index is 0.000000401. The van der Waals surface area contributed by atoms with Crippen LogP contribution in [0.4, 0.5) is 0 Å². The van der Waals surface area contributed by atoms with Crippen LogP contribution >= 0.6 is 0 Å². The van der Waals surface area contributed by atoms with Crippen molar-refractivity contribution in [1.82, 2.24) is 0 Å². The van der Waals surface area contributed by atoms with Gasteiger partial charge in [-0.15, -0.1) is 0 Å². The summed E-state index contributed by atoms with van der Waals surface area (Å²) >= 11 is 0. The van der Waals surface area contributed by atoms with Gasteiger partial charge < -0.3 is 29.9 Å². The molecule has 1 aliphatic heterocycles. The Labute approximate surface area is 89.1 Å². The van der Waals surface area contributed by atoms with Crippen LogP contribution in [0.15, 0.2) is 0 Å². The van der Waals surface area contributed by atoms with Gasteiger partial charge in [-0.05, 0) is 6.92 Å². The second-order valence-corrected chi connectivity index (χ2v) is 3.35. The van der Waals surface area contributed by atoms with Crippen LogP contribution in [0, 0.1) is 0 Å². The molecule has 0 aromatic rings. The van der Waals surface area contributed by atoms with Crippen LogP contribution in [0.1, 0.15) is 6.92 Å². The van der Waals surface area contributed by atoms with E-state index < -0.39 is 12.2 Å². The lowest BCUT2D eigenvalue weighted by atomic mass is 10.4. The highest BCUT2D eigenvalue weighted by Crippen LogP contribution is 2.04. The zero-order valence-corrected chi connectivity index (χ0v) is 8.87. The van der Waals surface area contributed by atoms with E-state index in [1.54, 1.807) is 0 Å². The first-order valence-electron chi connectivity index (χ1n) is 4.87. The fourth-order valence-electron chi connectivity index (χ4n) is 0.542. The van der Waals surface area contributed by atoms with Crippen LogP contribution in [-0.2, 0) is 9.47 Å². The van der Waals surface area contributed by atoms with Crippen molar-refractivity contribution in [1.29, 1.82) is 0 Å². The Bertz CT molecular complexity index is 129. The fourth-order valence-corrected chi connectivity index (χ4v) is 0.542. The maximum atomic E-state index is 8.72. The van der Waals surface area contributed by atoms with E-state index >= 15 is 0 Å². The lowest BCUT2D eigenvalue weighted by Gasteiger charge is -2.10. The van der Waals surface area contributed by atoms with E-state index in [1.807, 2.05) is 0 Å². The molecule has 0 bridgehead atoms. The lowest BCUT2D eigenvalue weighted by Crippen LogP contribution is -2.25. The average Bonchev–Trinajstić information content (AvgIpc) is 3.01. The van der Waals surface area contributed by atoms with Crippen molar-refractivity contribution >= 4 is 0 Å². The van der Waals surface area contributed by atoms with Crippen LogP contribution in [0.25, 0.3) is 0 Å². The Morgan fingerprint density at radius 1 is 1.20 bits per heavy atom. The van der Waals surface area contributed by atoms with Crippen LogP contribution in [0.2, 0.25) is 0 Å². The Morgan fingerprint density at radius 3 is 1.73 bits per heavy atom. The molecule has 3 atom stereocenters. The summed E-state index contributed by atoms with van der Waals surface area (Å²) in [5.41, 5.74) is 0. The smallest absolute Gasteiger partial charge is 0.100 e. The monoisotopic (exact) mass is 224 g/mol. The van der Waals surface area contributed by atoms with Crippen molar-refractivity contribution in [2.45, 2.75) is 25.2 Å². The van der Waals surface area contributed by atoms with Crippen molar-refractivity contribution in [3.8, 4) is 0 Å². The number of aliphatic hydroxyl groups is 4. The quantitative estimate of drug-likeness (QED) is 0.394. The van der Waals surface area contributed by atoms with E-state index in [0.29, 0.717) is 6.10 Å². The van der Waals surface area contributed by atoms with Gasteiger partial charge in [0.25, 0.3) is 0 Å². The zero-order chi connectivity index (χ0) is 11.7. The second kappa shape index (κ2) is 9.02. The molecule has 4 N–H and O–H groups in total. The maximum Gasteiger partial charge on any atom is 0.100 e. The van der Waals surface area contributed by atoms with E-state index in [0.717, 1.165) is 6.61 Å².